The van der Waals surface area contributed by atoms with E-state index >= 15 is 0 Å². The Morgan fingerprint density at radius 3 is 2.10 bits per heavy atom. The SMILES string of the molecule is Cc1c([N+](=O)[O-])sc(S(=O)(=O)c2ccccc2)c1[N+](=O)[O-]. The molecule has 1 aromatic heterocycles. The van der Waals surface area contributed by atoms with Gasteiger partial charge in [0.15, 0.2) is 0 Å². The van der Waals surface area contributed by atoms with E-state index in [0.717, 1.165) is 6.92 Å². The van der Waals surface area contributed by atoms with E-state index in [1.54, 1.807) is 6.07 Å². The zero-order valence-corrected chi connectivity index (χ0v) is 12.2. The molecular weight excluding hydrogens is 320 g/mol. The Labute approximate surface area is 122 Å². The maximum atomic E-state index is 12.4. The molecule has 0 saturated heterocycles. The summed E-state index contributed by atoms with van der Waals surface area (Å²) in [5.41, 5.74) is -1.000. The lowest BCUT2D eigenvalue weighted by Gasteiger charge is -2.00. The Bertz CT molecular complexity index is 826. The first-order valence-electron chi connectivity index (χ1n) is 5.49. The van der Waals surface area contributed by atoms with Crippen molar-refractivity contribution in [3.05, 3.63) is 56.1 Å². The van der Waals surface area contributed by atoms with E-state index in [0.29, 0.717) is 11.3 Å². The third kappa shape index (κ3) is 2.50. The van der Waals surface area contributed by atoms with Gasteiger partial charge in [0.05, 0.1) is 14.7 Å². The van der Waals surface area contributed by atoms with E-state index in [4.69, 9.17) is 0 Å². The summed E-state index contributed by atoms with van der Waals surface area (Å²) in [6.07, 6.45) is 0. The number of benzene rings is 1. The van der Waals surface area contributed by atoms with Gasteiger partial charge in [-0.05, 0) is 30.4 Å². The average molecular weight is 328 g/mol. The van der Waals surface area contributed by atoms with Gasteiger partial charge in [-0.2, -0.15) is 0 Å². The minimum absolute atomic E-state index is 0.149. The molecule has 10 heteroatoms. The van der Waals surface area contributed by atoms with Crippen molar-refractivity contribution in [1.82, 2.24) is 0 Å². The second-order valence-electron chi connectivity index (χ2n) is 4.00. The molecule has 0 amide bonds. The van der Waals surface area contributed by atoms with Crippen LogP contribution in [0.5, 0.6) is 0 Å². The van der Waals surface area contributed by atoms with Crippen molar-refractivity contribution in [3.8, 4) is 0 Å². The van der Waals surface area contributed by atoms with E-state index in [2.05, 4.69) is 0 Å². The van der Waals surface area contributed by atoms with Crippen LogP contribution >= 0.6 is 11.3 Å². The number of nitrogens with zero attached hydrogens (tertiary/aromatic N) is 2. The van der Waals surface area contributed by atoms with Gasteiger partial charge in [0.2, 0.25) is 14.0 Å². The summed E-state index contributed by atoms with van der Waals surface area (Å²) in [6.45, 7) is 1.16. The van der Waals surface area contributed by atoms with E-state index < -0.39 is 34.6 Å². The predicted octanol–water partition coefficient (Wildman–Crippen LogP) is 2.71. The van der Waals surface area contributed by atoms with Crippen LogP contribution in [-0.4, -0.2) is 18.3 Å². The van der Waals surface area contributed by atoms with Crippen molar-refractivity contribution < 1.29 is 18.3 Å². The van der Waals surface area contributed by atoms with Gasteiger partial charge >= 0.3 is 10.7 Å². The highest BCUT2D eigenvalue weighted by atomic mass is 32.2. The molecular formula is C11H8N2O6S2. The van der Waals surface area contributed by atoms with Crippen molar-refractivity contribution in [2.24, 2.45) is 0 Å². The molecule has 0 aliphatic rings. The molecule has 0 spiro atoms. The van der Waals surface area contributed by atoms with Crippen molar-refractivity contribution in [1.29, 1.82) is 0 Å². The number of hydrogen-bond donors (Lipinski definition) is 0. The topological polar surface area (TPSA) is 120 Å². The largest absolute Gasteiger partial charge is 0.335 e. The van der Waals surface area contributed by atoms with Gasteiger partial charge in [-0.1, -0.05) is 18.2 Å². The molecule has 8 nitrogen and oxygen atoms in total. The van der Waals surface area contributed by atoms with Gasteiger partial charge in [0.25, 0.3) is 0 Å². The van der Waals surface area contributed by atoms with Crippen LogP contribution in [0.1, 0.15) is 5.56 Å². The van der Waals surface area contributed by atoms with Gasteiger partial charge in [-0.3, -0.25) is 20.2 Å². The molecule has 0 aliphatic carbocycles. The zero-order chi connectivity index (χ0) is 15.8. The fourth-order valence-corrected chi connectivity index (χ4v) is 4.74. The van der Waals surface area contributed by atoms with Gasteiger partial charge in [0, 0.05) is 0 Å². The molecule has 0 fully saturated rings. The maximum Gasteiger partial charge on any atom is 0.335 e. The number of thiophene rings is 1. The highest BCUT2D eigenvalue weighted by molar-refractivity contribution is 7.93. The summed E-state index contributed by atoms with van der Waals surface area (Å²) in [7, 11) is -4.18. The molecule has 21 heavy (non-hydrogen) atoms. The number of hydrogen-bond acceptors (Lipinski definition) is 7. The van der Waals surface area contributed by atoms with E-state index in [1.165, 1.54) is 24.3 Å². The molecule has 0 aliphatic heterocycles. The molecule has 0 radical (unpaired) electrons. The van der Waals surface area contributed by atoms with Crippen LogP contribution in [0.4, 0.5) is 10.7 Å². The van der Waals surface area contributed by atoms with Crippen molar-refractivity contribution in [2.45, 2.75) is 16.0 Å². The molecule has 1 heterocycles. The van der Waals surface area contributed by atoms with Crippen LogP contribution in [0.2, 0.25) is 0 Å². The van der Waals surface area contributed by atoms with Gasteiger partial charge in [0.1, 0.15) is 5.56 Å². The highest BCUT2D eigenvalue weighted by Gasteiger charge is 2.38. The molecule has 0 unspecified atom stereocenters. The Morgan fingerprint density at radius 2 is 1.62 bits per heavy atom. The highest BCUT2D eigenvalue weighted by Crippen LogP contribution is 2.44. The maximum absolute atomic E-state index is 12.4. The normalized spacial score (nSPS) is 11.3. The van der Waals surface area contributed by atoms with Crippen LogP contribution in [0.3, 0.4) is 0 Å². The second-order valence-corrected chi connectivity index (χ2v) is 7.14. The van der Waals surface area contributed by atoms with Crippen molar-refractivity contribution in [3.63, 3.8) is 0 Å². The molecule has 2 aromatic rings. The molecule has 0 saturated carbocycles. The quantitative estimate of drug-likeness (QED) is 0.628. The molecule has 1 aromatic carbocycles. The zero-order valence-electron chi connectivity index (χ0n) is 10.5. The molecule has 2 rings (SSSR count). The van der Waals surface area contributed by atoms with Gasteiger partial charge in [-0.15, -0.1) is 0 Å². The number of nitro groups is 2. The third-order valence-corrected chi connectivity index (χ3v) is 6.21. The standard InChI is InChI=1S/C11H8N2O6S2/c1-7-9(12(14)15)11(20-10(7)13(16)17)21(18,19)8-5-3-2-4-6-8/h2-6H,1H3. The summed E-state index contributed by atoms with van der Waals surface area (Å²) in [5, 5.41) is 21.4. The fraction of sp³-hybridized carbons (Fsp3) is 0.0909. The van der Waals surface area contributed by atoms with Crippen LogP contribution in [0, 0.1) is 27.2 Å². The first-order valence-corrected chi connectivity index (χ1v) is 7.79. The lowest BCUT2D eigenvalue weighted by Crippen LogP contribution is -2.03. The molecule has 110 valence electrons. The monoisotopic (exact) mass is 328 g/mol. The van der Waals surface area contributed by atoms with Crippen LogP contribution in [0.25, 0.3) is 0 Å². The van der Waals surface area contributed by atoms with Gasteiger partial charge in [-0.25, -0.2) is 8.42 Å². The Balaban J connectivity index is 2.78. The smallest absolute Gasteiger partial charge is 0.258 e. The third-order valence-electron chi connectivity index (χ3n) is 2.70. The summed E-state index contributed by atoms with van der Waals surface area (Å²) in [5.74, 6) is 0. The molecule has 0 bridgehead atoms. The minimum atomic E-state index is -4.18. The fourth-order valence-electron chi connectivity index (χ4n) is 1.74. The van der Waals surface area contributed by atoms with Crippen molar-refractivity contribution >= 4 is 31.9 Å². The first kappa shape index (κ1) is 15.1. The lowest BCUT2D eigenvalue weighted by molar-refractivity contribution is -0.392. The van der Waals surface area contributed by atoms with Crippen LogP contribution < -0.4 is 0 Å². The number of rotatable bonds is 4. The van der Waals surface area contributed by atoms with Crippen molar-refractivity contribution in [2.75, 3.05) is 0 Å². The van der Waals surface area contributed by atoms with E-state index in [1.807, 2.05) is 0 Å². The summed E-state index contributed by atoms with van der Waals surface area (Å²) in [6, 6.07) is 7.08. The summed E-state index contributed by atoms with van der Waals surface area (Å²) < 4.78 is 24.2. The molecule has 0 atom stereocenters. The Kier molecular flexibility index (Phi) is 3.75. The average Bonchev–Trinajstić information content (AvgIpc) is 2.78. The predicted molar refractivity (Wildman–Crippen MR) is 74.3 cm³/mol. The summed E-state index contributed by atoms with van der Waals surface area (Å²) >= 11 is 0.296. The lowest BCUT2D eigenvalue weighted by atomic mass is 10.3. The van der Waals surface area contributed by atoms with Crippen LogP contribution in [-0.2, 0) is 9.84 Å². The Hall–Kier alpha value is -2.33. The van der Waals surface area contributed by atoms with E-state index in [9.17, 15) is 28.6 Å². The van der Waals surface area contributed by atoms with E-state index in [-0.39, 0.29) is 10.5 Å². The van der Waals surface area contributed by atoms with Gasteiger partial charge < -0.3 is 0 Å². The minimum Gasteiger partial charge on any atom is -0.258 e. The Morgan fingerprint density at radius 1 is 1.05 bits per heavy atom. The van der Waals surface area contributed by atoms with Crippen LogP contribution in [0.15, 0.2) is 39.4 Å². The first-order chi connectivity index (χ1) is 9.76. The molecule has 0 N–H and O–H groups in total. The summed E-state index contributed by atoms with van der Waals surface area (Å²) in [4.78, 5) is 20.1. The second kappa shape index (κ2) is 5.22. The number of sulfone groups is 1.